The fourth-order valence-corrected chi connectivity index (χ4v) is 10.0. The van der Waals surface area contributed by atoms with Gasteiger partial charge in [0.25, 0.3) is 0 Å². The number of aliphatic hydroxyl groups is 1. The van der Waals surface area contributed by atoms with Gasteiger partial charge in [-0.05, 0) is 91.4 Å². The van der Waals surface area contributed by atoms with Gasteiger partial charge in [-0.1, -0.05) is 47.5 Å². The average molecular weight is 415 g/mol. The van der Waals surface area contributed by atoms with Crippen LogP contribution in [0.25, 0.3) is 0 Å². The summed E-state index contributed by atoms with van der Waals surface area (Å²) in [6, 6.07) is 0. The predicted molar refractivity (Wildman–Crippen MR) is 119 cm³/mol. The molecule has 4 aliphatic carbocycles. The largest absolute Gasteiger partial charge is 0.455 e. The van der Waals surface area contributed by atoms with Gasteiger partial charge in [0, 0.05) is 11.0 Å². The zero-order valence-corrected chi connectivity index (χ0v) is 20.0. The number of carbonyl (C=O) groups excluding carboxylic acids is 1. The summed E-state index contributed by atoms with van der Waals surface area (Å²) >= 11 is 0. The molecule has 30 heavy (non-hydrogen) atoms. The Morgan fingerprint density at radius 3 is 2.40 bits per heavy atom. The van der Waals surface area contributed by atoms with Crippen molar-refractivity contribution >= 4 is 5.97 Å². The number of esters is 1. The van der Waals surface area contributed by atoms with Crippen LogP contribution in [-0.2, 0) is 9.53 Å². The Labute approximate surface area is 183 Å². The molecule has 5 aliphatic rings. The maximum absolute atomic E-state index is 12.9. The lowest BCUT2D eigenvalue weighted by Crippen LogP contribution is -2.65. The molecule has 3 saturated carbocycles. The van der Waals surface area contributed by atoms with E-state index in [9.17, 15) is 9.90 Å². The number of carbonyl (C=O) groups is 1. The molecule has 0 saturated heterocycles. The summed E-state index contributed by atoms with van der Waals surface area (Å²) < 4.78 is 5.66. The number of ether oxygens (including phenoxy) is 1. The van der Waals surface area contributed by atoms with Crippen LogP contribution in [0.4, 0.5) is 0 Å². The van der Waals surface area contributed by atoms with Crippen LogP contribution in [0.15, 0.2) is 11.1 Å². The lowest BCUT2D eigenvalue weighted by Gasteiger charge is -2.70. The average Bonchev–Trinajstić information content (AvgIpc) is 2.98. The van der Waals surface area contributed by atoms with Crippen molar-refractivity contribution in [3.05, 3.63) is 11.1 Å². The van der Waals surface area contributed by atoms with E-state index in [1.165, 1.54) is 44.1 Å². The van der Waals surface area contributed by atoms with Gasteiger partial charge in [-0.15, -0.1) is 0 Å². The highest BCUT2D eigenvalue weighted by atomic mass is 16.5. The minimum atomic E-state index is -0.452. The Balaban J connectivity index is 1.59. The van der Waals surface area contributed by atoms with Gasteiger partial charge in [0.05, 0.1) is 6.10 Å². The molecule has 0 bridgehead atoms. The van der Waals surface area contributed by atoms with Gasteiger partial charge >= 0.3 is 5.97 Å². The minimum Gasteiger partial charge on any atom is -0.455 e. The molecule has 1 heterocycles. The molecule has 168 valence electrons. The summed E-state index contributed by atoms with van der Waals surface area (Å²) in [6.07, 6.45) is 10.1. The Morgan fingerprint density at radius 2 is 1.70 bits per heavy atom. The minimum absolute atomic E-state index is 0.111. The van der Waals surface area contributed by atoms with Gasteiger partial charge in [-0.2, -0.15) is 0 Å². The maximum atomic E-state index is 12.9. The second-order valence-corrected chi connectivity index (χ2v) is 12.6. The molecule has 9 atom stereocenters. The highest BCUT2D eigenvalue weighted by molar-refractivity contribution is 5.94. The van der Waals surface area contributed by atoms with Crippen molar-refractivity contribution in [3.8, 4) is 0 Å². The molecule has 0 aromatic heterocycles. The molecule has 0 amide bonds. The van der Waals surface area contributed by atoms with Gasteiger partial charge < -0.3 is 9.84 Å². The third-order valence-electron chi connectivity index (χ3n) is 11.7. The van der Waals surface area contributed by atoms with E-state index in [0.29, 0.717) is 22.7 Å². The number of hydrogen-bond donors (Lipinski definition) is 1. The SMILES string of the molecule is CC[C@@]1(C)CCC[C@]2(C)[C@H]3C[C@H](O)[C@]4(C)C5=C(CC[C@H]4[C@]3(C)CC[C@@H]12)[C@H](C)OC5=O. The molecule has 1 N–H and O–H groups in total. The third-order valence-corrected chi connectivity index (χ3v) is 11.7. The van der Waals surface area contributed by atoms with Gasteiger partial charge in [0.1, 0.15) is 6.10 Å². The number of hydrogen-bond acceptors (Lipinski definition) is 3. The van der Waals surface area contributed by atoms with E-state index >= 15 is 0 Å². The van der Waals surface area contributed by atoms with Crippen molar-refractivity contribution in [2.45, 2.75) is 112 Å². The lowest BCUT2D eigenvalue weighted by atomic mass is 9.35. The summed E-state index contributed by atoms with van der Waals surface area (Å²) in [6.45, 7) is 14.2. The van der Waals surface area contributed by atoms with Crippen LogP contribution >= 0.6 is 0 Å². The first-order valence-electron chi connectivity index (χ1n) is 12.6. The van der Waals surface area contributed by atoms with Crippen LogP contribution < -0.4 is 0 Å². The van der Waals surface area contributed by atoms with E-state index in [4.69, 9.17) is 4.74 Å². The summed E-state index contributed by atoms with van der Waals surface area (Å²) in [5.74, 6) is 1.51. The van der Waals surface area contributed by atoms with Gasteiger partial charge in [-0.3, -0.25) is 0 Å². The lowest BCUT2D eigenvalue weighted by molar-refractivity contribution is -0.220. The Bertz CT molecular complexity index is 800. The molecule has 0 unspecified atom stereocenters. The van der Waals surface area contributed by atoms with Crippen LogP contribution in [0.5, 0.6) is 0 Å². The summed E-state index contributed by atoms with van der Waals surface area (Å²) in [4.78, 5) is 12.9. The molecular weight excluding hydrogens is 372 g/mol. The summed E-state index contributed by atoms with van der Waals surface area (Å²) in [7, 11) is 0. The van der Waals surface area contributed by atoms with E-state index in [1.807, 2.05) is 6.92 Å². The van der Waals surface area contributed by atoms with Crippen LogP contribution in [0.1, 0.15) is 99.3 Å². The Morgan fingerprint density at radius 1 is 1.00 bits per heavy atom. The first-order chi connectivity index (χ1) is 14.0. The van der Waals surface area contributed by atoms with Crippen molar-refractivity contribution in [1.29, 1.82) is 0 Å². The number of fused-ring (bicyclic) bond motifs is 6. The molecule has 3 nitrogen and oxygen atoms in total. The van der Waals surface area contributed by atoms with Crippen LogP contribution in [-0.4, -0.2) is 23.3 Å². The standard InChI is InChI=1S/C27H42O3/c1-7-24(3)12-8-13-25(4)18(24)11-14-26(5)19-10-9-17-16(2)30-23(29)22(17)27(19,6)21(28)15-20(25)26/h16,18-21,28H,7-15H2,1-6H3/t16-,18-,19-,20+,21-,24-,25-,26-,27+/m0/s1. The molecule has 3 fully saturated rings. The van der Waals surface area contributed by atoms with E-state index in [1.54, 1.807) is 0 Å². The second-order valence-electron chi connectivity index (χ2n) is 12.6. The summed E-state index contributed by atoms with van der Waals surface area (Å²) in [5.41, 5.74) is 2.51. The molecule has 5 rings (SSSR count). The predicted octanol–water partition coefficient (Wildman–Crippen LogP) is 6.05. The number of aliphatic hydroxyl groups excluding tert-OH is 1. The fraction of sp³-hybridized carbons (Fsp3) is 0.889. The second kappa shape index (κ2) is 6.36. The number of rotatable bonds is 1. The van der Waals surface area contributed by atoms with Gasteiger partial charge in [-0.25, -0.2) is 4.79 Å². The van der Waals surface area contributed by atoms with Gasteiger partial charge in [0.2, 0.25) is 0 Å². The molecule has 0 aromatic rings. The normalized spacial score (nSPS) is 55.3. The molecule has 0 aromatic carbocycles. The molecule has 3 heteroatoms. The smallest absolute Gasteiger partial charge is 0.335 e. The Kier molecular flexibility index (Phi) is 4.46. The van der Waals surface area contributed by atoms with E-state index in [0.717, 1.165) is 30.8 Å². The third kappa shape index (κ3) is 2.34. The van der Waals surface area contributed by atoms with Crippen molar-refractivity contribution in [2.24, 2.45) is 39.4 Å². The van der Waals surface area contributed by atoms with Crippen molar-refractivity contribution in [1.82, 2.24) is 0 Å². The van der Waals surface area contributed by atoms with E-state index in [2.05, 4.69) is 34.6 Å². The van der Waals surface area contributed by atoms with Crippen LogP contribution in [0, 0.1) is 39.4 Å². The van der Waals surface area contributed by atoms with Crippen molar-refractivity contribution in [3.63, 3.8) is 0 Å². The highest BCUT2D eigenvalue weighted by Crippen LogP contribution is 2.73. The summed E-state index contributed by atoms with van der Waals surface area (Å²) in [5, 5.41) is 11.7. The first kappa shape index (κ1) is 21.0. The van der Waals surface area contributed by atoms with Crippen LogP contribution in [0.3, 0.4) is 0 Å². The monoisotopic (exact) mass is 414 g/mol. The topological polar surface area (TPSA) is 46.5 Å². The zero-order chi connectivity index (χ0) is 21.7. The molecule has 0 radical (unpaired) electrons. The quantitative estimate of drug-likeness (QED) is 0.531. The highest BCUT2D eigenvalue weighted by Gasteiger charge is 2.69. The maximum Gasteiger partial charge on any atom is 0.335 e. The number of cyclic esters (lactones) is 1. The van der Waals surface area contributed by atoms with Gasteiger partial charge in [0.15, 0.2) is 0 Å². The first-order valence-corrected chi connectivity index (χ1v) is 12.6. The van der Waals surface area contributed by atoms with E-state index < -0.39 is 11.5 Å². The van der Waals surface area contributed by atoms with Crippen LogP contribution in [0.2, 0.25) is 0 Å². The zero-order valence-electron chi connectivity index (χ0n) is 20.0. The van der Waals surface area contributed by atoms with E-state index in [-0.39, 0.29) is 17.5 Å². The molecular formula is C27H42O3. The van der Waals surface area contributed by atoms with Crippen molar-refractivity contribution < 1.29 is 14.6 Å². The fourth-order valence-electron chi connectivity index (χ4n) is 10.0. The molecule has 1 aliphatic heterocycles. The Hall–Kier alpha value is -0.830. The van der Waals surface area contributed by atoms with Crippen molar-refractivity contribution in [2.75, 3.05) is 0 Å². The molecule has 0 spiro atoms.